The highest BCUT2D eigenvalue weighted by atomic mass is 35.5. The first-order valence-corrected chi connectivity index (χ1v) is 9.70. The van der Waals surface area contributed by atoms with Crippen LogP contribution < -0.4 is 15.8 Å². The van der Waals surface area contributed by atoms with Gasteiger partial charge in [0.05, 0.1) is 11.3 Å². The number of anilines is 1. The summed E-state index contributed by atoms with van der Waals surface area (Å²) in [6, 6.07) is 8.36. The van der Waals surface area contributed by atoms with E-state index in [0.29, 0.717) is 17.4 Å². The minimum Gasteiger partial charge on any atom is -0.453 e. The number of aromatic nitrogens is 2. The Hall–Kier alpha value is -2.77. The first-order chi connectivity index (χ1) is 13.9. The third-order valence-electron chi connectivity index (χ3n) is 4.61. The van der Waals surface area contributed by atoms with Crippen molar-refractivity contribution in [1.29, 1.82) is 0 Å². The molecule has 1 heterocycles. The number of nitrogens with two attached hydrogens (primary N) is 1. The molecule has 1 aliphatic rings. The molecule has 0 unspecified atom stereocenters. The van der Waals surface area contributed by atoms with E-state index >= 15 is 4.39 Å². The molecule has 1 aliphatic carbocycles. The van der Waals surface area contributed by atoms with E-state index < -0.39 is 11.7 Å². The van der Waals surface area contributed by atoms with E-state index in [9.17, 15) is 4.79 Å². The van der Waals surface area contributed by atoms with Crippen molar-refractivity contribution in [2.24, 2.45) is 0 Å². The second kappa shape index (κ2) is 7.93. The van der Waals surface area contributed by atoms with Crippen LogP contribution in [-0.4, -0.2) is 15.9 Å². The summed E-state index contributed by atoms with van der Waals surface area (Å²) in [4.78, 5) is 18.5. The first-order valence-electron chi connectivity index (χ1n) is 8.94. The van der Waals surface area contributed by atoms with Gasteiger partial charge in [-0.3, -0.25) is 4.79 Å². The van der Waals surface area contributed by atoms with Crippen molar-refractivity contribution in [1.82, 2.24) is 15.3 Å². The zero-order chi connectivity index (χ0) is 20.5. The maximum absolute atomic E-state index is 15.0. The Balaban J connectivity index is 1.54. The van der Waals surface area contributed by atoms with Gasteiger partial charge in [-0.25, -0.2) is 9.37 Å². The van der Waals surface area contributed by atoms with Gasteiger partial charge < -0.3 is 20.8 Å². The van der Waals surface area contributed by atoms with Crippen LogP contribution in [0.2, 0.25) is 10.2 Å². The van der Waals surface area contributed by atoms with Crippen LogP contribution >= 0.6 is 23.2 Å². The number of halogens is 3. The summed E-state index contributed by atoms with van der Waals surface area (Å²) in [7, 11) is 0. The predicted molar refractivity (Wildman–Crippen MR) is 109 cm³/mol. The molecule has 0 spiro atoms. The molecule has 29 heavy (non-hydrogen) atoms. The standard InChI is InChI=1S/C20H17Cl2FN4O2/c21-15-4-3-11(8-25-20(28)17-19(22)27-9-26-17)16(23)18(15)29-14-6-12(10-1-2-10)5-13(24)7-14/h3-7,9-10H,1-2,8,24H2,(H,25,28)(H,26,27). The number of nitrogens with one attached hydrogen (secondary N) is 2. The number of amides is 1. The molecule has 0 saturated heterocycles. The summed E-state index contributed by atoms with van der Waals surface area (Å²) >= 11 is 12.0. The molecular formula is C20H17Cl2FN4O2. The van der Waals surface area contributed by atoms with Gasteiger partial charge in [-0.1, -0.05) is 29.3 Å². The van der Waals surface area contributed by atoms with Crippen LogP contribution in [0.3, 0.4) is 0 Å². The van der Waals surface area contributed by atoms with E-state index in [1.807, 2.05) is 12.1 Å². The molecule has 1 aromatic heterocycles. The Bertz CT molecular complexity index is 1080. The fraction of sp³-hybridized carbons (Fsp3) is 0.200. The molecule has 0 atom stereocenters. The normalized spacial score (nSPS) is 13.3. The van der Waals surface area contributed by atoms with Crippen molar-refractivity contribution in [2.45, 2.75) is 25.3 Å². The van der Waals surface area contributed by atoms with E-state index in [1.54, 1.807) is 6.07 Å². The van der Waals surface area contributed by atoms with Crippen molar-refractivity contribution < 1.29 is 13.9 Å². The topological polar surface area (TPSA) is 93.0 Å². The molecule has 1 amide bonds. The molecule has 1 fully saturated rings. The van der Waals surface area contributed by atoms with Gasteiger partial charge >= 0.3 is 0 Å². The number of carbonyl (C=O) groups excluding carboxylic acids is 1. The van der Waals surface area contributed by atoms with Gasteiger partial charge in [0, 0.05) is 23.9 Å². The summed E-state index contributed by atoms with van der Waals surface area (Å²) in [5, 5.41) is 2.74. The van der Waals surface area contributed by atoms with Gasteiger partial charge in [0.25, 0.3) is 5.91 Å². The number of aromatic amines is 1. The summed E-state index contributed by atoms with van der Waals surface area (Å²) in [6.45, 7) is -0.0855. The SMILES string of the molecule is Nc1cc(Oc2c(Cl)ccc(CNC(=O)c3[nH]cnc3Cl)c2F)cc(C2CC2)c1. The Kier molecular flexibility index (Phi) is 5.34. The summed E-state index contributed by atoms with van der Waals surface area (Å²) in [5.41, 5.74) is 7.87. The molecule has 3 aromatic rings. The van der Waals surface area contributed by atoms with Crippen molar-refractivity contribution in [3.8, 4) is 11.5 Å². The van der Waals surface area contributed by atoms with Crippen molar-refractivity contribution in [3.63, 3.8) is 0 Å². The Morgan fingerprint density at radius 2 is 2.10 bits per heavy atom. The molecule has 0 aliphatic heterocycles. The molecular weight excluding hydrogens is 418 g/mol. The van der Waals surface area contributed by atoms with Gasteiger partial charge in [0.15, 0.2) is 16.7 Å². The molecule has 4 rings (SSSR count). The average molecular weight is 435 g/mol. The zero-order valence-corrected chi connectivity index (χ0v) is 16.6. The number of ether oxygens (including phenoxy) is 1. The lowest BCUT2D eigenvalue weighted by Gasteiger charge is -2.14. The summed E-state index contributed by atoms with van der Waals surface area (Å²) in [6.07, 6.45) is 3.51. The highest BCUT2D eigenvalue weighted by Crippen LogP contribution is 2.43. The van der Waals surface area contributed by atoms with Gasteiger partial charge in [-0.2, -0.15) is 0 Å². The molecule has 4 N–H and O–H groups in total. The van der Waals surface area contributed by atoms with Crippen molar-refractivity contribution in [2.75, 3.05) is 5.73 Å². The highest BCUT2D eigenvalue weighted by molar-refractivity contribution is 6.32. The van der Waals surface area contributed by atoms with Crippen LogP contribution in [-0.2, 0) is 6.54 Å². The lowest BCUT2D eigenvalue weighted by Crippen LogP contribution is -2.24. The van der Waals surface area contributed by atoms with Crippen molar-refractivity contribution in [3.05, 3.63) is 69.5 Å². The van der Waals surface area contributed by atoms with Gasteiger partial charge in [0.2, 0.25) is 0 Å². The number of imidazole rings is 1. The maximum atomic E-state index is 15.0. The molecule has 0 bridgehead atoms. The van der Waals surface area contributed by atoms with Crippen LogP contribution in [0.25, 0.3) is 0 Å². The molecule has 0 radical (unpaired) electrons. The van der Waals surface area contributed by atoms with Gasteiger partial charge in [0.1, 0.15) is 11.4 Å². The van der Waals surface area contributed by atoms with Crippen LogP contribution in [0.4, 0.5) is 10.1 Å². The van der Waals surface area contributed by atoms with Crippen LogP contribution in [0.15, 0.2) is 36.7 Å². The number of nitrogen functional groups attached to an aromatic ring is 1. The Morgan fingerprint density at radius 1 is 1.31 bits per heavy atom. The third-order valence-corrected chi connectivity index (χ3v) is 5.19. The van der Waals surface area contributed by atoms with E-state index in [4.69, 9.17) is 33.7 Å². The predicted octanol–water partition coefficient (Wildman–Crippen LogP) is 5.04. The number of rotatable bonds is 6. The highest BCUT2D eigenvalue weighted by Gasteiger charge is 2.25. The van der Waals surface area contributed by atoms with Crippen molar-refractivity contribution >= 4 is 34.8 Å². The van der Waals surface area contributed by atoms with Crippen LogP contribution in [0.5, 0.6) is 11.5 Å². The number of nitrogens with zero attached hydrogens (tertiary/aromatic N) is 1. The molecule has 6 nitrogen and oxygen atoms in total. The third kappa shape index (κ3) is 4.31. The smallest absolute Gasteiger partial charge is 0.271 e. The maximum Gasteiger partial charge on any atom is 0.271 e. The second-order valence-corrected chi connectivity index (χ2v) is 7.58. The average Bonchev–Trinajstić information content (AvgIpc) is 3.45. The van der Waals surface area contributed by atoms with Gasteiger partial charge in [-0.15, -0.1) is 0 Å². The number of benzene rings is 2. The van der Waals surface area contributed by atoms with E-state index in [2.05, 4.69) is 15.3 Å². The number of hydrogen-bond acceptors (Lipinski definition) is 4. The molecule has 9 heteroatoms. The monoisotopic (exact) mass is 434 g/mol. The summed E-state index contributed by atoms with van der Waals surface area (Å²) < 4.78 is 20.8. The Labute approximate surface area is 176 Å². The van der Waals surface area contributed by atoms with E-state index in [1.165, 1.54) is 18.5 Å². The van der Waals surface area contributed by atoms with Crippen LogP contribution in [0.1, 0.15) is 40.4 Å². The fourth-order valence-corrected chi connectivity index (χ4v) is 3.35. The largest absolute Gasteiger partial charge is 0.453 e. The Morgan fingerprint density at radius 3 is 2.79 bits per heavy atom. The second-order valence-electron chi connectivity index (χ2n) is 6.81. The number of H-pyrrole nitrogens is 1. The fourth-order valence-electron chi connectivity index (χ4n) is 2.98. The molecule has 2 aromatic carbocycles. The molecule has 150 valence electrons. The van der Waals surface area contributed by atoms with Gasteiger partial charge in [-0.05, 0) is 42.5 Å². The zero-order valence-electron chi connectivity index (χ0n) is 15.1. The number of hydrogen-bond donors (Lipinski definition) is 3. The lowest BCUT2D eigenvalue weighted by atomic mass is 10.1. The van der Waals surface area contributed by atoms with Crippen LogP contribution in [0, 0.1) is 5.82 Å². The number of carbonyl (C=O) groups is 1. The lowest BCUT2D eigenvalue weighted by molar-refractivity contribution is 0.0946. The van der Waals surface area contributed by atoms with E-state index in [-0.39, 0.29) is 33.7 Å². The molecule has 1 saturated carbocycles. The van der Waals surface area contributed by atoms with E-state index in [0.717, 1.165) is 18.4 Å². The quantitative estimate of drug-likeness (QED) is 0.473. The minimum absolute atomic E-state index is 0.0382. The minimum atomic E-state index is -0.663. The summed E-state index contributed by atoms with van der Waals surface area (Å²) in [5.74, 6) is -0.404. The first kappa shape index (κ1) is 19.5.